The van der Waals surface area contributed by atoms with Crippen molar-refractivity contribution in [1.82, 2.24) is 4.98 Å². The van der Waals surface area contributed by atoms with Gasteiger partial charge in [-0.15, -0.1) is 11.3 Å². The first-order chi connectivity index (χ1) is 14.4. The Morgan fingerprint density at radius 1 is 1.07 bits per heavy atom. The molecule has 4 nitrogen and oxygen atoms in total. The maximum Gasteiger partial charge on any atom is 0.185 e. The number of aromatic nitrogens is 1. The Morgan fingerprint density at radius 3 is 2.40 bits per heavy atom. The number of benzene rings is 2. The summed E-state index contributed by atoms with van der Waals surface area (Å²) in [5.41, 5.74) is 2.13. The summed E-state index contributed by atoms with van der Waals surface area (Å²) >= 11 is 4.78. The number of sulfone groups is 1. The Morgan fingerprint density at radius 2 is 1.77 bits per heavy atom. The molecular formula is C21H19BrF2N2O2S2. The molecule has 1 aromatic heterocycles. The van der Waals surface area contributed by atoms with Crippen LogP contribution in [0, 0.1) is 11.6 Å². The summed E-state index contributed by atoms with van der Waals surface area (Å²) in [7, 11) is -3.38. The fraction of sp³-hybridized carbons (Fsp3) is 0.286. The number of hydrogen-bond donors (Lipinski definition) is 0. The van der Waals surface area contributed by atoms with Crippen LogP contribution in [0.25, 0.3) is 11.3 Å². The molecule has 9 heteroatoms. The van der Waals surface area contributed by atoms with Crippen LogP contribution in [0.15, 0.2) is 52.7 Å². The first-order valence-corrected chi connectivity index (χ1v) is 13.0. The Balaban J connectivity index is 1.44. The third-order valence-electron chi connectivity index (χ3n) is 5.26. The van der Waals surface area contributed by atoms with Gasteiger partial charge in [-0.3, -0.25) is 0 Å². The molecule has 0 saturated carbocycles. The molecule has 1 aliphatic heterocycles. The highest BCUT2D eigenvalue weighted by atomic mass is 79.9. The highest BCUT2D eigenvalue weighted by molar-refractivity contribution is 9.08. The van der Waals surface area contributed by atoms with E-state index in [0.29, 0.717) is 47.4 Å². The van der Waals surface area contributed by atoms with E-state index in [1.165, 1.54) is 17.4 Å². The van der Waals surface area contributed by atoms with Crippen LogP contribution in [0.2, 0.25) is 0 Å². The van der Waals surface area contributed by atoms with Gasteiger partial charge in [0.15, 0.2) is 26.6 Å². The molecule has 0 spiro atoms. The van der Waals surface area contributed by atoms with E-state index in [0.717, 1.165) is 22.8 Å². The lowest BCUT2D eigenvalue weighted by molar-refractivity contribution is 0.509. The first kappa shape index (κ1) is 21.4. The smallest absolute Gasteiger partial charge is 0.185 e. The van der Waals surface area contributed by atoms with Crippen LogP contribution in [0.5, 0.6) is 0 Å². The molecule has 3 aromatic rings. The molecule has 158 valence electrons. The minimum atomic E-state index is -3.38. The molecule has 4 rings (SSSR count). The summed E-state index contributed by atoms with van der Waals surface area (Å²) in [5.74, 6) is -1.79. The van der Waals surface area contributed by atoms with E-state index in [-0.39, 0.29) is 0 Å². The summed E-state index contributed by atoms with van der Waals surface area (Å²) in [6.45, 7) is 1.15. The van der Waals surface area contributed by atoms with Gasteiger partial charge >= 0.3 is 0 Å². The summed E-state index contributed by atoms with van der Waals surface area (Å²) in [6.07, 6.45) is 1.03. The number of anilines is 1. The molecule has 0 amide bonds. The molecule has 0 aliphatic carbocycles. The summed E-state index contributed by atoms with van der Waals surface area (Å²) in [4.78, 5) is 6.95. The molecule has 0 radical (unpaired) electrons. The third-order valence-corrected chi connectivity index (χ3v) is 9.09. The Labute approximate surface area is 186 Å². The minimum absolute atomic E-state index is 0.362. The highest BCUT2D eigenvalue weighted by Crippen LogP contribution is 2.32. The second-order valence-electron chi connectivity index (χ2n) is 7.15. The first-order valence-electron chi connectivity index (χ1n) is 9.43. The number of piperidine rings is 1. The lowest BCUT2D eigenvalue weighted by Crippen LogP contribution is -2.39. The summed E-state index contributed by atoms with van der Waals surface area (Å²) in [6, 6.07) is 10.7. The molecule has 2 aromatic carbocycles. The van der Waals surface area contributed by atoms with Gasteiger partial charge in [-0.1, -0.05) is 28.1 Å². The van der Waals surface area contributed by atoms with Gasteiger partial charge in [0.25, 0.3) is 0 Å². The van der Waals surface area contributed by atoms with Gasteiger partial charge in [-0.2, -0.15) is 0 Å². The van der Waals surface area contributed by atoms with Crippen molar-refractivity contribution in [3.8, 4) is 11.3 Å². The second kappa shape index (κ2) is 8.72. The molecule has 0 N–H and O–H groups in total. The quantitative estimate of drug-likeness (QED) is 0.428. The summed E-state index contributed by atoms with van der Waals surface area (Å²) < 4.78 is 52.6. The molecule has 0 atom stereocenters. The zero-order valence-corrected chi connectivity index (χ0v) is 19.1. The van der Waals surface area contributed by atoms with Crippen LogP contribution < -0.4 is 4.90 Å². The van der Waals surface area contributed by atoms with Gasteiger partial charge < -0.3 is 4.90 Å². The standard InChI is InChI=1S/C21H19BrF2N2O2S2/c22-12-14-1-4-16(5-2-14)30(27,28)17-7-9-26(10-8-17)21-25-20(13-29-21)15-3-6-18(23)19(24)11-15/h1-6,11,13,17H,7-10,12H2. The van der Waals surface area contributed by atoms with Crippen molar-refractivity contribution in [3.05, 3.63) is 65.0 Å². The van der Waals surface area contributed by atoms with Crippen molar-refractivity contribution in [1.29, 1.82) is 0 Å². The molecule has 1 saturated heterocycles. The van der Waals surface area contributed by atoms with Crippen LogP contribution in [0.4, 0.5) is 13.9 Å². The van der Waals surface area contributed by atoms with Crippen molar-refractivity contribution in [2.75, 3.05) is 18.0 Å². The van der Waals surface area contributed by atoms with Crippen LogP contribution in [0.1, 0.15) is 18.4 Å². The molecule has 0 bridgehead atoms. The number of nitrogens with zero attached hydrogens (tertiary/aromatic N) is 2. The fourth-order valence-electron chi connectivity index (χ4n) is 3.52. The fourth-order valence-corrected chi connectivity index (χ4v) is 6.51. The number of rotatable bonds is 5. The van der Waals surface area contributed by atoms with E-state index < -0.39 is 26.7 Å². The van der Waals surface area contributed by atoms with E-state index >= 15 is 0 Å². The maximum atomic E-state index is 13.5. The number of hydrogen-bond acceptors (Lipinski definition) is 5. The highest BCUT2D eigenvalue weighted by Gasteiger charge is 2.32. The SMILES string of the molecule is O=S(=O)(c1ccc(CBr)cc1)C1CCN(c2nc(-c3ccc(F)c(F)c3)cs2)CC1. The van der Waals surface area contributed by atoms with Gasteiger partial charge in [0, 0.05) is 29.4 Å². The van der Waals surface area contributed by atoms with E-state index in [4.69, 9.17) is 0 Å². The zero-order valence-electron chi connectivity index (χ0n) is 15.9. The second-order valence-corrected chi connectivity index (χ2v) is 10.8. The predicted molar refractivity (Wildman–Crippen MR) is 119 cm³/mol. The molecule has 30 heavy (non-hydrogen) atoms. The molecule has 0 unspecified atom stereocenters. The molecule has 2 heterocycles. The van der Waals surface area contributed by atoms with E-state index in [1.807, 2.05) is 17.0 Å². The lowest BCUT2D eigenvalue weighted by Gasteiger charge is -2.31. The molecular weight excluding hydrogens is 494 g/mol. The number of alkyl halides is 1. The van der Waals surface area contributed by atoms with Gasteiger partial charge in [0.2, 0.25) is 0 Å². The molecule has 1 fully saturated rings. The van der Waals surface area contributed by atoms with Crippen molar-refractivity contribution in [2.24, 2.45) is 0 Å². The van der Waals surface area contributed by atoms with Crippen LogP contribution >= 0.6 is 27.3 Å². The average molecular weight is 513 g/mol. The zero-order chi connectivity index (χ0) is 21.3. The van der Waals surface area contributed by atoms with Gasteiger partial charge in [-0.05, 0) is 48.7 Å². The summed E-state index contributed by atoms with van der Waals surface area (Å²) in [5, 5.41) is 2.82. The van der Waals surface area contributed by atoms with E-state index in [1.54, 1.807) is 17.5 Å². The van der Waals surface area contributed by atoms with Crippen LogP contribution in [-0.2, 0) is 15.2 Å². The van der Waals surface area contributed by atoms with Crippen molar-refractivity contribution >= 4 is 42.2 Å². The largest absolute Gasteiger partial charge is 0.348 e. The van der Waals surface area contributed by atoms with Crippen molar-refractivity contribution in [2.45, 2.75) is 28.3 Å². The maximum absolute atomic E-state index is 13.5. The van der Waals surface area contributed by atoms with Gasteiger partial charge in [-0.25, -0.2) is 22.2 Å². The Hall–Kier alpha value is -1.84. The minimum Gasteiger partial charge on any atom is -0.348 e. The van der Waals surface area contributed by atoms with Crippen LogP contribution in [-0.4, -0.2) is 31.7 Å². The van der Waals surface area contributed by atoms with Gasteiger partial charge in [0.1, 0.15) is 0 Å². The molecule has 1 aliphatic rings. The van der Waals surface area contributed by atoms with E-state index in [2.05, 4.69) is 20.9 Å². The average Bonchev–Trinajstić information content (AvgIpc) is 3.26. The van der Waals surface area contributed by atoms with Gasteiger partial charge in [0.05, 0.1) is 15.8 Å². The van der Waals surface area contributed by atoms with Crippen LogP contribution in [0.3, 0.4) is 0 Å². The monoisotopic (exact) mass is 512 g/mol. The van der Waals surface area contributed by atoms with Crippen molar-refractivity contribution in [3.63, 3.8) is 0 Å². The number of thiazole rings is 1. The lowest BCUT2D eigenvalue weighted by atomic mass is 10.1. The Kier molecular flexibility index (Phi) is 6.22. The topological polar surface area (TPSA) is 50.3 Å². The Bertz CT molecular complexity index is 1140. The normalized spacial score (nSPS) is 15.5. The number of halogens is 3. The van der Waals surface area contributed by atoms with Crippen molar-refractivity contribution < 1.29 is 17.2 Å². The third kappa shape index (κ3) is 4.29. The van der Waals surface area contributed by atoms with E-state index in [9.17, 15) is 17.2 Å². The predicted octanol–water partition coefficient (Wildman–Crippen LogP) is 5.43.